The van der Waals surface area contributed by atoms with Crippen LogP contribution in [0.3, 0.4) is 0 Å². The number of carbonyl (C=O) groups excluding carboxylic acids is 1. The number of aliphatic hydroxyl groups excluding tert-OH is 1. The van der Waals surface area contributed by atoms with Crippen molar-refractivity contribution in [3.05, 3.63) is 18.0 Å². The minimum Gasteiger partial charge on any atom is -0.397 e. The molecule has 5 heteroatoms. The second kappa shape index (κ2) is 5.72. The molecule has 0 saturated carbocycles. The van der Waals surface area contributed by atoms with E-state index in [0.717, 1.165) is 13.0 Å². The third kappa shape index (κ3) is 3.49. The van der Waals surface area contributed by atoms with Crippen LogP contribution in [0.4, 0.5) is 5.69 Å². The van der Waals surface area contributed by atoms with Crippen molar-refractivity contribution < 1.29 is 9.90 Å². The van der Waals surface area contributed by atoms with E-state index in [-0.39, 0.29) is 5.91 Å². The Bertz CT molecular complexity index is 385. The summed E-state index contributed by atoms with van der Waals surface area (Å²) < 4.78 is 1.86. The number of hydrogen-bond acceptors (Lipinski definition) is 3. The Balaban J connectivity index is 2.87. The molecule has 1 amide bonds. The van der Waals surface area contributed by atoms with E-state index in [1.54, 1.807) is 26.2 Å². The molecule has 1 atom stereocenters. The molecule has 0 radical (unpaired) electrons. The van der Waals surface area contributed by atoms with Gasteiger partial charge in [-0.1, -0.05) is 6.92 Å². The number of amides is 1. The van der Waals surface area contributed by atoms with E-state index in [9.17, 15) is 9.90 Å². The van der Waals surface area contributed by atoms with Gasteiger partial charge in [0.1, 0.15) is 5.69 Å². The summed E-state index contributed by atoms with van der Waals surface area (Å²) in [6.07, 6.45) is 2.18. The minimum atomic E-state index is -0.532. The lowest BCUT2D eigenvalue weighted by molar-refractivity contribution is 0.0693. The highest BCUT2D eigenvalue weighted by atomic mass is 16.3. The van der Waals surface area contributed by atoms with Crippen molar-refractivity contribution in [2.45, 2.75) is 32.9 Å². The standard InChI is InChI=1S/C12H21N3O2/c1-4-5-15-8-10(13)6-11(15)12(17)14(3)7-9(2)16/h6,8-9,16H,4-5,7,13H2,1-3H3. The molecule has 0 fully saturated rings. The summed E-state index contributed by atoms with van der Waals surface area (Å²) >= 11 is 0. The first-order valence-corrected chi connectivity index (χ1v) is 5.84. The van der Waals surface area contributed by atoms with Crippen molar-refractivity contribution >= 4 is 11.6 Å². The molecule has 0 aromatic carbocycles. The molecule has 0 spiro atoms. The molecule has 0 aliphatic rings. The summed E-state index contributed by atoms with van der Waals surface area (Å²) in [5.41, 5.74) is 6.87. The lowest BCUT2D eigenvalue weighted by atomic mass is 10.3. The van der Waals surface area contributed by atoms with Crippen LogP contribution in [0.25, 0.3) is 0 Å². The molecule has 1 heterocycles. The van der Waals surface area contributed by atoms with Crippen LogP contribution >= 0.6 is 0 Å². The largest absolute Gasteiger partial charge is 0.397 e. The topological polar surface area (TPSA) is 71.5 Å². The van der Waals surface area contributed by atoms with Crippen LogP contribution in [-0.4, -0.2) is 40.2 Å². The molecule has 96 valence electrons. The molecule has 3 N–H and O–H groups in total. The first kappa shape index (κ1) is 13.6. The third-order valence-corrected chi connectivity index (χ3v) is 2.49. The second-order valence-corrected chi connectivity index (χ2v) is 4.39. The Kier molecular flexibility index (Phi) is 4.57. The molecule has 1 unspecified atom stereocenters. The fourth-order valence-electron chi connectivity index (χ4n) is 1.81. The molecule has 17 heavy (non-hydrogen) atoms. The van der Waals surface area contributed by atoms with Gasteiger partial charge in [0.05, 0.1) is 11.8 Å². The quantitative estimate of drug-likeness (QED) is 0.803. The SMILES string of the molecule is CCCn1cc(N)cc1C(=O)N(C)CC(C)O. The molecule has 0 bridgehead atoms. The predicted molar refractivity (Wildman–Crippen MR) is 67.8 cm³/mol. The van der Waals surface area contributed by atoms with Crippen molar-refractivity contribution in [2.75, 3.05) is 19.3 Å². The van der Waals surface area contributed by atoms with Gasteiger partial charge >= 0.3 is 0 Å². The Morgan fingerprint density at radius 1 is 1.65 bits per heavy atom. The molecule has 1 aromatic rings. The van der Waals surface area contributed by atoms with E-state index < -0.39 is 6.10 Å². The lowest BCUT2D eigenvalue weighted by Gasteiger charge is -2.19. The Morgan fingerprint density at radius 2 is 2.29 bits per heavy atom. The number of nitrogens with zero attached hydrogens (tertiary/aromatic N) is 2. The van der Waals surface area contributed by atoms with Gasteiger partial charge in [0.25, 0.3) is 5.91 Å². The second-order valence-electron chi connectivity index (χ2n) is 4.39. The van der Waals surface area contributed by atoms with Crippen molar-refractivity contribution in [1.82, 2.24) is 9.47 Å². The van der Waals surface area contributed by atoms with Crippen molar-refractivity contribution in [2.24, 2.45) is 0 Å². The van der Waals surface area contributed by atoms with Crippen molar-refractivity contribution in [1.29, 1.82) is 0 Å². The minimum absolute atomic E-state index is 0.115. The molecule has 0 aliphatic heterocycles. The monoisotopic (exact) mass is 239 g/mol. The highest BCUT2D eigenvalue weighted by molar-refractivity contribution is 5.93. The van der Waals surface area contributed by atoms with Crippen molar-refractivity contribution in [3.8, 4) is 0 Å². The Hall–Kier alpha value is -1.49. The summed E-state index contributed by atoms with van der Waals surface area (Å²) in [6.45, 7) is 4.78. The number of aromatic nitrogens is 1. The third-order valence-electron chi connectivity index (χ3n) is 2.49. The summed E-state index contributed by atoms with van der Waals surface area (Å²) in [4.78, 5) is 13.6. The smallest absolute Gasteiger partial charge is 0.270 e. The first-order chi connectivity index (χ1) is 7.95. The number of hydrogen-bond donors (Lipinski definition) is 2. The summed E-state index contributed by atoms with van der Waals surface area (Å²) in [7, 11) is 1.68. The van der Waals surface area contributed by atoms with E-state index in [4.69, 9.17) is 5.73 Å². The summed E-state index contributed by atoms with van der Waals surface area (Å²) in [5.74, 6) is -0.115. The molecule has 1 aromatic heterocycles. The van der Waals surface area contributed by atoms with E-state index in [1.165, 1.54) is 4.90 Å². The Morgan fingerprint density at radius 3 is 2.82 bits per heavy atom. The number of rotatable bonds is 5. The van der Waals surface area contributed by atoms with Gasteiger partial charge in [-0.2, -0.15) is 0 Å². The van der Waals surface area contributed by atoms with Crippen LogP contribution in [0, 0.1) is 0 Å². The van der Waals surface area contributed by atoms with E-state index in [2.05, 4.69) is 0 Å². The Labute approximate surface area is 102 Å². The molecular weight excluding hydrogens is 218 g/mol. The number of aryl methyl sites for hydroxylation is 1. The number of anilines is 1. The van der Waals surface area contributed by atoms with E-state index in [0.29, 0.717) is 17.9 Å². The highest BCUT2D eigenvalue weighted by Gasteiger charge is 2.17. The maximum absolute atomic E-state index is 12.1. The molecule has 0 saturated heterocycles. The molecular formula is C12H21N3O2. The van der Waals surface area contributed by atoms with Gasteiger partial charge in [-0.25, -0.2) is 0 Å². The number of carbonyl (C=O) groups is 1. The maximum Gasteiger partial charge on any atom is 0.270 e. The van der Waals surface area contributed by atoms with Gasteiger partial charge in [-0.3, -0.25) is 4.79 Å². The molecule has 5 nitrogen and oxygen atoms in total. The van der Waals surface area contributed by atoms with Gasteiger partial charge in [-0.05, 0) is 19.4 Å². The van der Waals surface area contributed by atoms with Gasteiger partial charge in [-0.15, -0.1) is 0 Å². The van der Waals surface area contributed by atoms with Gasteiger partial charge in [0, 0.05) is 26.3 Å². The van der Waals surface area contributed by atoms with Crippen LogP contribution in [-0.2, 0) is 6.54 Å². The van der Waals surface area contributed by atoms with Crippen LogP contribution in [0.2, 0.25) is 0 Å². The van der Waals surface area contributed by atoms with Gasteiger partial charge in [0.15, 0.2) is 0 Å². The van der Waals surface area contributed by atoms with Crippen LogP contribution in [0.5, 0.6) is 0 Å². The van der Waals surface area contributed by atoms with E-state index in [1.807, 2.05) is 11.5 Å². The fraction of sp³-hybridized carbons (Fsp3) is 0.583. The first-order valence-electron chi connectivity index (χ1n) is 5.84. The predicted octanol–water partition coefficient (Wildman–Crippen LogP) is 0.933. The van der Waals surface area contributed by atoms with Crippen LogP contribution in [0.1, 0.15) is 30.8 Å². The number of aliphatic hydroxyl groups is 1. The van der Waals surface area contributed by atoms with Crippen LogP contribution < -0.4 is 5.73 Å². The van der Waals surface area contributed by atoms with Gasteiger partial charge < -0.3 is 20.3 Å². The molecule has 1 rings (SSSR count). The molecule has 0 aliphatic carbocycles. The number of nitrogens with two attached hydrogens (primary N) is 1. The zero-order valence-corrected chi connectivity index (χ0v) is 10.7. The highest BCUT2D eigenvalue weighted by Crippen LogP contribution is 2.13. The fourth-order valence-corrected chi connectivity index (χ4v) is 1.81. The lowest BCUT2D eigenvalue weighted by Crippen LogP contribution is -2.34. The summed E-state index contributed by atoms with van der Waals surface area (Å²) in [6, 6.07) is 1.68. The average molecular weight is 239 g/mol. The zero-order chi connectivity index (χ0) is 13.0. The average Bonchev–Trinajstić information content (AvgIpc) is 2.58. The van der Waals surface area contributed by atoms with Crippen molar-refractivity contribution in [3.63, 3.8) is 0 Å². The maximum atomic E-state index is 12.1. The number of nitrogen functional groups attached to an aromatic ring is 1. The zero-order valence-electron chi connectivity index (χ0n) is 10.7. The normalized spacial score (nSPS) is 12.5. The van der Waals surface area contributed by atoms with Gasteiger partial charge in [0.2, 0.25) is 0 Å². The van der Waals surface area contributed by atoms with Crippen LogP contribution in [0.15, 0.2) is 12.3 Å². The summed E-state index contributed by atoms with van der Waals surface area (Å²) in [5, 5.41) is 9.27. The van der Waals surface area contributed by atoms with E-state index >= 15 is 0 Å². The number of likely N-dealkylation sites (N-methyl/N-ethyl adjacent to an activating group) is 1.